The summed E-state index contributed by atoms with van der Waals surface area (Å²) in [5, 5.41) is 15.0. The number of aromatic nitrogens is 6. The molecule has 35 heavy (non-hydrogen) atoms. The van der Waals surface area contributed by atoms with E-state index in [1.165, 1.54) is 10.8 Å². The van der Waals surface area contributed by atoms with Crippen LogP contribution in [0.15, 0.2) is 41.6 Å². The predicted molar refractivity (Wildman–Crippen MR) is 133 cm³/mol. The van der Waals surface area contributed by atoms with Gasteiger partial charge in [-0.3, -0.25) is 19.0 Å². The summed E-state index contributed by atoms with van der Waals surface area (Å²) in [5.74, 6) is 0.760. The minimum Gasteiger partial charge on any atom is -0.487 e. The van der Waals surface area contributed by atoms with Crippen LogP contribution in [0.4, 0.5) is 0 Å². The average Bonchev–Trinajstić information content (AvgIpc) is 3.21. The van der Waals surface area contributed by atoms with Crippen LogP contribution in [0.3, 0.4) is 0 Å². The normalized spacial score (nSPS) is 11.7. The van der Waals surface area contributed by atoms with Crippen molar-refractivity contribution in [3.8, 4) is 22.8 Å². The van der Waals surface area contributed by atoms with Gasteiger partial charge in [0.25, 0.3) is 5.56 Å². The second-order valence-electron chi connectivity index (χ2n) is 8.99. The molecule has 0 aliphatic rings. The fourth-order valence-electron chi connectivity index (χ4n) is 3.66. The molecule has 4 heterocycles. The largest absolute Gasteiger partial charge is 0.487 e. The van der Waals surface area contributed by atoms with Gasteiger partial charge in [0.05, 0.1) is 33.4 Å². The lowest BCUT2D eigenvalue weighted by Gasteiger charge is -2.18. The maximum Gasteiger partial charge on any atom is 0.261 e. The van der Waals surface area contributed by atoms with Gasteiger partial charge < -0.3 is 9.84 Å². The van der Waals surface area contributed by atoms with E-state index >= 15 is 0 Å². The van der Waals surface area contributed by atoms with Crippen molar-refractivity contribution in [1.29, 1.82) is 0 Å². The molecule has 0 saturated heterocycles. The molecule has 9 nitrogen and oxygen atoms in total. The Labute approximate surface area is 208 Å². The molecule has 4 aromatic rings. The number of rotatable bonds is 6. The van der Waals surface area contributed by atoms with Crippen LogP contribution in [0, 0.1) is 20.8 Å². The number of pyridine rings is 2. The van der Waals surface area contributed by atoms with Crippen molar-refractivity contribution in [3.05, 3.63) is 80.5 Å². The van der Waals surface area contributed by atoms with E-state index in [4.69, 9.17) is 16.3 Å². The Hall–Kier alpha value is -3.56. The van der Waals surface area contributed by atoms with E-state index in [2.05, 4.69) is 20.1 Å². The van der Waals surface area contributed by atoms with Gasteiger partial charge in [-0.05, 0) is 52.3 Å². The smallest absolute Gasteiger partial charge is 0.261 e. The molecule has 0 aliphatic carbocycles. The zero-order valence-electron chi connectivity index (χ0n) is 20.5. The Morgan fingerprint density at radius 1 is 1.14 bits per heavy atom. The third-order valence-corrected chi connectivity index (χ3v) is 5.86. The monoisotopic (exact) mass is 494 g/mol. The minimum atomic E-state index is -1.21. The summed E-state index contributed by atoms with van der Waals surface area (Å²) in [6.45, 7) is 8.87. The predicted octanol–water partition coefficient (Wildman–Crippen LogP) is 3.81. The van der Waals surface area contributed by atoms with Gasteiger partial charge >= 0.3 is 0 Å². The molecule has 0 fully saturated rings. The molecule has 182 valence electrons. The molecule has 10 heteroatoms. The highest BCUT2D eigenvalue weighted by molar-refractivity contribution is 6.32. The molecule has 0 amide bonds. The highest BCUT2D eigenvalue weighted by Gasteiger charge is 2.22. The first-order chi connectivity index (χ1) is 16.5. The third kappa shape index (κ3) is 4.96. The molecule has 0 atom stereocenters. The first-order valence-corrected chi connectivity index (χ1v) is 11.4. The molecule has 0 bridgehead atoms. The standard InChI is InChI=1S/C25H27ClN6O3/c1-14-11-28-24(25(4,5)34)29-22(14)19-10-20(18(26)12-27-19)32-15(2)9-21(16(3)23(32)33)35-13-17-7-8-31(6)30-17/h7-12,34H,13H2,1-6H3. The molecule has 0 aromatic carbocycles. The third-order valence-electron chi connectivity index (χ3n) is 5.57. The van der Waals surface area contributed by atoms with Gasteiger partial charge in [0.2, 0.25) is 0 Å². The van der Waals surface area contributed by atoms with Gasteiger partial charge in [-0.2, -0.15) is 5.10 Å². The van der Waals surface area contributed by atoms with Crippen LogP contribution in [-0.4, -0.2) is 34.4 Å². The molecule has 4 rings (SSSR count). The lowest BCUT2D eigenvalue weighted by atomic mass is 10.1. The van der Waals surface area contributed by atoms with Crippen molar-refractivity contribution in [2.75, 3.05) is 0 Å². The van der Waals surface area contributed by atoms with Crippen molar-refractivity contribution >= 4 is 11.6 Å². The van der Waals surface area contributed by atoms with Crippen molar-refractivity contribution in [2.24, 2.45) is 7.05 Å². The van der Waals surface area contributed by atoms with Gasteiger partial charge in [0.15, 0.2) is 5.82 Å². The quantitative estimate of drug-likeness (QED) is 0.434. The molecule has 1 N–H and O–H groups in total. The number of hydrogen-bond acceptors (Lipinski definition) is 7. The minimum absolute atomic E-state index is 0.251. The van der Waals surface area contributed by atoms with Crippen LogP contribution >= 0.6 is 11.6 Å². The van der Waals surface area contributed by atoms with Crippen molar-refractivity contribution in [2.45, 2.75) is 46.8 Å². The maximum atomic E-state index is 13.4. The summed E-state index contributed by atoms with van der Waals surface area (Å²) in [7, 11) is 1.83. The number of aryl methyl sites for hydroxylation is 3. The van der Waals surface area contributed by atoms with E-state index in [9.17, 15) is 9.90 Å². The Balaban J connectivity index is 1.76. The van der Waals surface area contributed by atoms with Crippen molar-refractivity contribution in [1.82, 2.24) is 29.3 Å². The summed E-state index contributed by atoms with van der Waals surface area (Å²) in [4.78, 5) is 26.6. The Morgan fingerprint density at radius 3 is 2.54 bits per heavy atom. The zero-order chi connectivity index (χ0) is 25.5. The molecule has 0 unspecified atom stereocenters. The fourth-order valence-corrected chi connectivity index (χ4v) is 3.85. The SMILES string of the molecule is Cc1cnc(C(C)(C)O)nc1-c1cc(-n2c(C)cc(OCc3ccn(C)n3)c(C)c2=O)c(Cl)cn1. The van der Waals surface area contributed by atoms with E-state index < -0.39 is 5.60 Å². The first-order valence-electron chi connectivity index (χ1n) is 11.0. The summed E-state index contributed by atoms with van der Waals surface area (Å²) in [6.07, 6.45) is 4.97. The van der Waals surface area contributed by atoms with Crippen LogP contribution < -0.4 is 10.3 Å². The Morgan fingerprint density at radius 2 is 1.89 bits per heavy atom. The topological polar surface area (TPSA) is 108 Å². The number of halogens is 1. The molecule has 0 aliphatic heterocycles. The number of ether oxygens (including phenoxy) is 1. The molecule has 0 radical (unpaired) electrons. The highest BCUT2D eigenvalue weighted by Crippen LogP contribution is 2.29. The number of hydrogen-bond donors (Lipinski definition) is 1. The lowest BCUT2D eigenvalue weighted by molar-refractivity contribution is 0.0688. The zero-order valence-corrected chi connectivity index (χ0v) is 21.3. The second kappa shape index (κ2) is 9.24. The van der Waals surface area contributed by atoms with E-state index in [-0.39, 0.29) is 18.0 Å². The van der Waals surface area contributed by atoms with E-state index in [0.29, 0.717) is 39.1 Å². The van der Waals surface area contributed by atoms with Crippen LogP contribution in [-0.2, 0) is 19.3 Å². The molecular formula is C25H27ClN6O3. The maximum absolute atomic E-state index is 13.4. The Kier molecular flexibility index (Phi) is 6.48. The molecule has 4 aromatic heterocycles. The lowest BCUT2D eigenvalue weighted by Crippen LogP contribution is -2.24. The molecule has 0 saturated carbocycles. The van der Waals surface area contributed by atoms with Crippen LogP contribution in [0.2, 0.25) is 5.02 Å². The van der Waals surface area contributed by atoms with Crippen LogP contribution in [0.25, 0.3) is 17.1 Å². The summed E-state index contributed by atoms with van der Waals surface area (Å²) in [6, 6.07) is 5.38. The Bertz CT molecular complexity index is 1470. The van der Waals surface area contributed by atoms with Gasteiger partial charge in [-0.25, -0.2) is 9.97 Å². The highest BCUT2D eigenvalue weighted by atomic mass is 35.5. The van der Waals surface area contributed by atoms with Crippen molar-refractivity contribution < 1.29 is 9.84 Å². The first kappa shape index (κ1) is 24.6. The molecule has 0 spiro atoms. The van der Waals surface area contributed by atoms with Crippen LogP contribution in [0.1, 0.15) is 42.2 Å². The number of aliphatic hydroxyl groups is 1. The van der Waals surface area contributed by atoms with Crippen LogP contribution in [0.5, 0.6) is 5.75 Å². The average molecular weight is 495 g/mol. The summed E-state index contributed by atoms with van der Waals surface area (Å²) in [5.41, 5.74) is 2.70. The van der Waals surface area contributed by atoms with Gasteiger partial charge in [0.1, 0.15) is 18.0 Å². The van der Waals surface area contributed by atoms with Crippen molar-refractivity contribution in [3.63, 3.8) is 0 Å². The van der Waals surface area contributed by atoms with E-state index in [1.54, 1.807) is 43.8 Å². The summed E-state index contributed by atoms with van der Waals surface area (Å²) < 4.78 is 9.13. The fraction of sp³-hybridized carbons (Fsp3) is 0.320. The van der Waals surface area contributed by atoms with E-state index in [0.717, 1.165) is 11.3 Å². The van der Waals surface area contributed by atoms with Gasteiger partial charge in [-0.1, -0.05) is 11.6 Å². The van der Waals surface area contributed by atoms with E-state index in [1.807, 2.05) is 33.2 Å². The second-order valence-corrected chi connectivity index (χ2v) is 9.40. The number of nitrogens with zero attached hydrogens (tertiary/aromatic N) is 6. The summed E-state index contributed by atoms with van der Waals surface area (Å²) >= 11 is 6.50. The van der Waals surface area contributed by atoms with Gasteiger partial charge in [-0.15, -0.1) is 0 Å². The van der Waals surface area contributed by atoms with Gasteiger partial charge in [0, 0.05) is 37.4 Å². The molecular weight excluding hydrogens is 468 g/mol.